The molecule has 3 fully saturated rings. The van der Waals surface area contributed by atoms with E-state index < -0.39 is 0 Å². The van der Waals surface area contributed by atoms with Crippen LogP contribution in [0, 0.1) is 5.92 Å². The molecule has 0 unspecified atom stereocenters. The molecule has 2 heterocycles. The summed E-state index contributed by atoms with van der Waals surface area (Å²) >= 11 is 0. The Kier molecular flexibility index (Phi) is 4.95. The lowest BCUT2D eigenvalue weighted by atomic mass is 9.92. The fourth-order valence-corrected chi connectivity index (χ4v) is 5.51. The predicted molar refractivity (Wildman–Crippen MR) is 108 cm³/mol. The Morgan fingerprint density at radius 2 is 1.56 bits per heavy atom. The van der Waals surface area contributed by atoms with Gasteiger partial charge in [0.1, 0.15) is 0 Å². The van der Waals surface area contributed by atoms with Crippen LogP contribution < -0.4 is 5.32 Å². The van der Waals surface area contributed by atoms with E-state index in [0.717, 1.165) is 13.0 Å². The average Bonchev–Trinajstić information content (AvgIpc) is 3.42. The van der Waals surface area contributed by atoms with Gasteiger partial charge in [0.25, 0.3) is 0 Å². The maximum absolute atomic E-state index is 12.5. The van der Waals surface area contributed by atoms with Gasteiger partial charge in [-0.1, -0.05) is 24.3 Å². The molecule has 0 spiro atoms. The van der Waals surface area contributed by atoms with Crippen LogP contribution in [0.5, 0.6) is 0 Å². The molecule has 4 heteroatoms. The zero-order chi connectivity index (χ0) is 18.2. The van der Waals surface area contributed by atoms with E-state index in [1.54, 1.807) is 11.1 Å². The summed E-state index contributed by atoms with van der Waals surface area (Å²) < 4.78 is 0. The Morgan fingerprint density at radius 1 is 0.852 bits per heavy atom. The third-order valence-electron chi connectivity index (χ3n) is 7.31. The molecule has 27 heavy (non-hydrogen) atoms. The number of carbonyl (C=O) groups is 1. The predicted octanol–water partition coefficient (Wildman–Crippen LogP) is 2.61. The van der Waals surface area contributed by atoms with Crippen molar-refractivity contribution in [3.05, 3.63) is 35.4 Å². The van der Waals surface area contributed by atoms with Gasteiger partial charge in [-0.3, -0.25) is 14.6 Å². The topological polar surface area (TPSA) is 35.6 Å². The zero-order valence-corrected chi connectivity index (χ0v) is 16.4. The fraction of sp³-hybridized carbons (Fsp3) is 0.696. The van der Waals surface area contributed by atoms with E-state index >= 15 is 0 Å². The van der Waals surface area contributed by atoms with Gasteiger partial charge in [0.2, 0.25) is 5.91 Å². The molecular weight excluding hydrogens is 334 g/mol. The number of piperidine rings is 2. The first-order valence-electron chi connectivity index (χ1n) is 11.1. The fourth-order valence-electron chi connectivity index (χ4n) is 5.51. The molecular formula is C23H33N3O. The molecule has 1 amide bonds. The Labute approximate surface area is 163 Å². The molecule has 1 aromatic rings. The molecule has 1 saturated carbocycles. The second-order valence-electron chi connectivity index (χ2n) is 9.21. The quantitative estimate of drug-likeness (QED) is 0.889. The molecule has 5 rings (SSSR count). The highest BCUT2D eigenvalue weighted by Crippen LogP contribution is 2.30. The van der Waals surface area contributed by atoms with Crippen LogP contribution in [0.25, 0.3) is 0 Å². The van der Waals surface area contributed by atoms with Crippen LogP contribution >= 0.6 is 0 Å². The van der Waals surface area contributed by atoms with Crippen molar-refractivity contribution in [2.24, 2.45) is 5.92 Å². The van der Waals surface area contributed by atoms with Gasteiger partial charge >= 0.3 is 0 Å². The Bertz CT molecular complexity index is 653. The number of fused-ring (bicyclic) bond motifs is 1. The van der Waals surface area contributed by atoms with Crippen molar-refractivity contribution in [2.75, 3.05) is 26.2 Å². The van der Waals surface area contributed by atoms with Crippen LogP contribution in [0.2, 0.25) is 0 Å². The number of likely N-dealkylation sites (tertiary alicyclic amines) is 2. The first kappa shape index (κ1) is 17.7. The highest BCUT2D eigenvalue weighted by Gasteiger charge is 2.35. The van der Waals surface area contributed by atoms with Crippen LogP contribution in [0.3, 0.4) is 0 Å². The van der Waals surface area contributed by atoms with Crippen molar-refractivity contribution < 1.29 is 4.79 Å². The van der Waals surface area contributed by atoms with Crippen molar-refractivity contribution in [1.82, 2.24) is 15.1 Å². The molecule has 2 saturated heterocycles. The highest BCUT2D eigenvalue weighted by atomic mass is 16.2. The first-order valence-corrected chi connectivity index (χ1v) is 11.1. The van der Waals surface area contributed by atoms with Crippen LogP contribution in [0.15, 0.2) is 24.3 Å². The van der Waals surface area contributed by atoms with E-state index in [0.29, 0.717) is 24.0 Å². The molecule has 146 valence electrons. The summed E-state index contributed by atoms with van der Waals surface area (Å²) in [7, 11) is 0. The third kappa shape index (κ3) is 3.93. The minimum atomic E-state index is 0.224. The zero-order valence-electron chi connectivity index (χ0n) is 16.4. The summed E-state index contributed by atoms with van der Waals surface area (Å²) in [6.07, 6.45) is 9.63. The summed E-state index contributed by atoms with van der Waals surface area (Å²) in [5.41, 5.74) is 3.12. The summed E-state index contributed by atoms with van der Waals surface area (Å²) in [5.74, 6) is 0.546. The van der Waals surface area contributed by atoms with E-state index in [1.807, 2.05) is 0 Å². The van der Waals surface area contributed by atoms with Crippen molar-refractivity contribution in [3.63, 3.8) is 0 Å². The maximum atomic E-state index is 12.5. The molecule has 1 aromatic carbocycles. The Hall–Kier alpha value is -1.39. The van der Waals surface area contributed by atoms with Gasteiger partial charge < -0.3 is 5.32 Å². The molecule has 2 aliphatic carbocycles. The van der Waals surface area contributed by atoms with Crippen molar-refractivity contribution >= 4 is 5.91 Å². The highest BCUT2D eigenvalue weighted by molar-refractivity contribution is 5.79. The lowest BCUT2D eigenvalue weighted by Crippen LogP contribution is -2.52. The molecule has 2 aliphatic heterocycles. The van der Waals surface area contributed by atoms with Gasteiger partial charge in [-0.05, 0) is 82.1 Å². The van der Waals surface area contributed by atoms with Crippen LogP contribution in [0.1, 0.15) is 49.7 Å². The van der Waals surface area contributed by atoms with Gasteiger partial charge in [-0.15, -0.1) is 0 Å². The minimum absolute atomic E-state index is 0.224. The van der Waals surface area contributed by atoms with Gasteiger partial charge in [-0.2, -0.15) is 0 Å². The van der Waals surface area contributed by atoms with Crippen molar-refractivity contribution in [3.8, 4) is 0 Å². The first-order chi connectivity index (χ1) is 13.3. The molecule has 1 N–H and O–H groups in total. The van der Waals surface area contributed by atoms with Crippen molar-refractivity contribution in [2.45, 2.75) is 69.5 Å². The standard InChI is InChI=1S/C23H33N3O/c27-23(24-20-7-8-20)19-6-3-11-26(16-19)21-9-12-25(13-10-21)22-14-17-4-1-2-5-18(17)15-22/h1-2,4-5,19-22H,3,6-16H2,(H,24,27)/t19-/m0/s1. The van der Waals surface area contributed by atoms with E-state index in [1.165, 1.54) is 64.6 Å². The minimum Gasteiger partial charge on any atom is -0.353 e. The molecule has 4 nitrogen and oxygen atoms in total. The van der Waals surface area contributed by atoms with Crippen LogP contribution in [-0.4, -0.2) is 60.0 Å². The molecule has 0 radical (unpaired) electrons. The number of hydrogen-bond acceptors (Lipinski definition) is 3. The van der Waals surface area contributed by atoms with Crippen LogP contribution in [-0.2, 0) is 17.6 Å². The number of nitrogens with zero attached hydrogens (tertiary/aromatic N) is 2. The summed E-state index contributed by atoms with van der Waals surface area (Å²) in [6, 6.07) is 10.9. The van der Waals surface area contributed by atoms with Gasteiger partial charge in [0.15, 0.2) is 0 Å². The lowest BCUT2D eigenvalue weighted by molar-refractivity contribution is -0.127. The normalized spacial score (nSPS) is 28.2. The van der Waals surface area contributed by atoms with Crippen LogP contribution in [0.4, 0.5) is 0 Å². The number of nitrogens with one attached hydrogen (secondary N) is 1. The summed E-state index contributed by atoms with van der Waals surface area (Å²) in [6.45, 7) is 4.61. The number of carbonyl (C=O) groups excluding carboxylic acids is 1. The molecule has 1 atom stereocenters. The average molecular weight is 368 g/mol. The second-order valence-corrected chi connectivity index (χ2v) is 9.21. The number of benzene rings is 1. The molecule has 4 aliphatic rings. The van der Waals surface area contributed by atoms with E-state index in [9.17, 15) is 4.79 Å². The van der Waals surface area contributed by atoms with E-state index in [-0.39, 0.29) is 5.92 Å². The van der Waals surface area contributed by atoms with Crippen molar-refractivity contribution in [1.29, 1.82) is 0 Å². The number of rotatable bonds is 4. The summed E-state index contributed by atoms with van der Waals surface area (Å²) in [5, 5.41) is 3.23. The Morgan fingerprint density at radius 3 is 2.22 bits per heavy atom. The van der Waals surface area contributed by atoms with Gasteiger partial charge in [-0.25, -0.2) is 0 Å². The van der Waals surface area contributed by atoms with E-state index in [4.69, 9.17) is 0 Å². The number of hydrogen-bond donors (Lipinski definition) is 1. The molecule has 0 bridgehead atoms. The monoisotopic (exact) mass is 367 g/mol. The smallest absolute Gasteiger partial charge is 0.224 e. The maximum Gasteiger partial charge on any atom is 0.224 e. The lowest BCUT2D eigenvalue weighted by Gasteiger charge is -2.43. The SMILES string of the molecule is O=C(NC1CC1)[C@H]1CCCN(C2CCN(C3Cc4ccccc4C3)CC2)C1. The van der Waals surface area contributed by atoms with Gasteiger partial charge in [0, 0.05) is 24.7 Å². The Balaban J connectivity index is 1.12. The summed E-state index contributed by atoms with van der Waals surface area (Å²) in [4.78, 5) is 17.8. The second kappa shape index (κ2) is 7.56. The number of amides is 1. The largest absolute Gasteiger partial charge is 0.353 e. The molecule has 0 aromatic heterocycles. The van der Waals surface area contributed by atoms with E-state index in [2.05, 4.69) is 39.4 Å². The van der Waals surface area contributed by atoms with Gasteiger partial charge in [0.05, 0.1) is 5.92 Å². The third-order valence-corrected chi connectivity index (χ3v) is 7.31.